The number of nitrogens with two attached hydrogens (primary N) is 1. The summed E-state index contributed by atoms with van der Waals surface area (Å²) >= 11 is 2.07. The second kappa shape index (κ2) is 6.42. The van der Waals surface area contributed by atoms with Crippen LogP contribution >= 0.6 is 11.8 Å². The Bertz CT molecular complexity index is 496. The summed E-state index contributed by atoms with van der Waals surface area (Å²) in [6.45, 7) is 10.6. The minimum absolute atomic E-state index is 0.0888. The summed E-state index contributed by atoms with van der Waals surface area (Å²) in [6, 6.07) is 0.509. The number of hydrogen-bond acceptors (Lipinski definition) is 5. The van der Waals surface area contributed by atoms with Crippen molar-refractivity contribution in [3.05, 3.63) is 11.4 Å². The minimum Gasteiger partial charge on any atom is -0.383 e. The topological polar surface area (TPSA) is 63.8 Å². The fourth-order valence-corrected chi connectivity index (χ4v) is 3.80. The Labute approximate surface area is 132 Å². The van der Waals surface area contributed by atoms with Gasteiger partial charge in [-0.1, -0.05) is 27.7 Å². The monoisotopic (exact) mass is 308 g/mol. The first-order valence-corrected chi connectivity index (χ1v) is 8.89. The normalized spacial score (nSPS) is 22.5. The second-order valence-corrected chi connectivity index (χ2v) is 8.47. The molecule has 1 aliphatic rings. The van der Waals surface area contributed by atoms with E-state index in [0.717, 1.165) is 22.5 Å². The first-order valence-electron chi connectivity index (χ1n) is 7.84. The third kappa shape index (κ3) is 4.02. The largest absolute Gasteiger partial charge is 0.383 e. The zero-order valence-electron chi connectivity index (χ0n) is 13.9. The average molecular weight is 308 g/mol. The highest BCUT2D eigenvalue weighted by Gasteiger charge is 2.26. The smallest absolute Gasteiger partial charge is 0.138 e. The van der Waals surface area contributed by atoms with Crippen molar-refractivity contribution in [3.63, 3.8) is 0 Å². The summed E-state index contributed by atoms with van der Waals surface area (Å²) < 4.78 is 0. The van der Waals surface area contributed by atoms with Crippen molar-refractivity contribution in [1.82, 2.24) is 9.97 Å². The number of hydrogen-bond donors (Lipinski definition) is 2. The molecular formula is C16H28N4S. The van der Waals surface area contributed by atoms with E-state index in [4.69, 9.17) is 10.7 Å². The highest BCUT2D eigenvalue weighted by atomic mass is 32.2. The molecule has 1 aromatic heterocycles. The van der Waals surface area contributed by atoms with Crippen molar-refractivity contribution in [2.75, 3.05) is 16.8 Å². The van der Waals surface area contributed by atoms with Gasteiger partial charge >= 0.3 is 0 Å². The van der Waals surface area contributed by atoms with Gasteiger partial charge in [0.05, 0.1) is 0 Å². The molecule has 1 fully saturated rings. The molecule has 0 radical (unpaired) electrons. The number of thioether (sulfide) groups is 1. The third-order valence-electron chi connectivity index (χ3n) is 3.98. The highest BCUT2D eigenvalue weighted by molar-refractivity contribution is 7.99. The van der Waals surface area contributed by atoms with Crippen molar-refractivity contribution in [2.45, 2.75) is 70.6 Å². The van der Waals surface area contributed by atoms with Gasteiger partial charge in [-0.3, -0.25) is 0 Å². The van der Waals surface area contributed by atoms with Gasteiger partial charge in [0, 0.05) is 22.3 Å². The summed E-state index contributed by atoms with van der Waals surface area (Å²) in [5.41, 5.74) is 6.95. The summed E-state index contributed by atoms with van der Waals surface area (Å²) in [5, 5.41) is 4.39. The SMILES string of the molecule is CCSC1CCC(Nc2nc(C(C)(C)C)nc(N)c2C)C1. The Balaban J connectivity index is 2.15. The van der Waals surface area contributed by atoms with Crippen LogP contribution in [0, 0.1) is 6.92 Å². The Morgan fingerprint density at radius 1 is 1.29 bits per heavy atom. The van der Waals surface area contributed by atoms with Gasteiger partial charge in [-0.25, -0.2) is 9.97 Å². The molecule has 4 nitrogen and oxygen atoms in total. The van der Waals surface area contributed by atoms with Crippen molar-refractivity contribution in [2.24, 2.45) is 0 Å². The van der Waals surface area contributed by atoms with Crippen LogP contribution in [0.1, 0.15) is 58.3 Å². The van der Waals surface area contributed by atoms with E-state index in [1.807, 2.05) is 6.92 Å². The first kappa shape index (κ1) is 16.4. The van der Waals surface area contributed by atoms with Crippen LogP contribution in [0.3, 0.4) is 0 Å². The van der Waals surface area contributed by atoms with Gasteiger partial charge in [0.2, 0.25) is 0 Å². The van der Waals surface area contributed by atoms with E-state index in [2.05, 4.69) is 49.8 Å². The number of aromatic nitrogens is 2. The van der Waals surface area contributed by atoms with Gasteiger partial charge in [-0.2, -0.15) is 11.8 Å². The van der Waals surface area contributed by atoms with E-state index in [1.54, 1.807) is 0 Å². The average Bonchev–Trinajstić information content (AvgIpc) is 2.81. The molecule has 0 bridgehead atoms. The maximum absolute atomic E-state index is 6.07. The molecule has 1 heterocycles. The number of nitrogen functional groups attached to an aromatic ring is 1. The lowest BCUT2D eigenvalue weighted by Gasteiger charge is -2.21. The molecule has 2 unspecified atom stereocenters. The van der Waals surface area contributed by atoms with Gasteiger partial charge in [0.25, 0.3) is 0 Å². The Morgan fingerprint density at radius 3 is 2.62 bits per heavy atom. The Hall–Kier alpha value is -0.970. The zero-order chi connectivity index (χ0) is 15.6. The molecule has 3 N–H and O–H groups in total. The maximum Gasteiger partial charge on any atom is 0.138 e. The molecule has 1 aliphatic carbocycles. The molecule has 1 aromatic rings. The first-order chi connectivity index (χ1) is 9.81. The number of nitrogens with one attached hydrogen (secondary N) is 1. The van der Waals surface area contributed by atoms with Crippen LogP contribution < -0.4 is 11.1 Å². The minimum atomic E-state index is -0.0888. The predicted molar refractivity (Wildman–Crippen MR) is 93.1 cm³/mol. The molecule has 2 atom stereocenters. The molecule has 1 saturated carbocycles. The van der Waals surface area contributed by atoms with Gasteiger partial charge in [0.15, 0.2) is 0 Å². The van der Waals surface area contributed by atoms with Crippen LogP contribution in [0.15, 0.2) is 0 Å². The van der Waals surface area contributed by atoms with E-state index in [0.29, 0.717) is 11.9 Å². The van der Waals surface area contributed by atoms with Crippen molar-refractivity contribution >= 4 is 23.4 Å². The lowest BCUT2D eigenvalue weighted by Crippen LogP contribution is -2.23. The van der Waals surface area contributed by atoms with E-state index in [-0.39, 0.29) is 5.41 Å². The standard InChI is InChI=1S/C16H28N4S/c1-6-21-12-8-7-11(9-12)18-14-10(2)13(17)19-15(20-14)16(3,4)5/h11-12H,6-9H2,1-5H3,(H3,17,18,19,20). The molecule has 0 spiro atoms. The van der Waals surface area contributed by atoms with Crippen molar-refractivity contribution in [1.29, 1.82) is 0 Å². The molecule has 0 saturated heterocycles. The van der Waals surface area contributed by atoms with Crippen LogP contribution in [0.25, 0.3) is 0 Å². The van der Waals surface area contributed by atoms with Gasteiger partial charge < -0.3 is 11.1 Å². The maximum atomic E-state index is 6.07. The van der Waals surface area contributed by atoms with Crippen LogP contribution in [0.4, 0.5) is 11.6 Å². The second-order valence-electron chi connectivity index (χ2n) is 6.89. The van der Waals surface area contributed by atoms with E-state index >= 15 is 0 Å². The van der Waals surface area contributed by atoms with Crippen LogP contribution in [0.2, 0.25) is 0 Å². The van der Waals surface area contributed by atoms with Crippen molar-refractivity contribution < 1.29 is 0 Å². The summed E-state index contributed by atoms with van der Waals surface area (Å²) in [5.74, 6) is 3.52. The summed E-state index contributed by atoms with van der Waals surface area (Å²) in [7, 11) is 0. The lowest BCUT2D eigenvalue weighted by atomic mass is 9.95. The van der Waals surface area contributed by atoms with Crippen molar-refractivity contribution in [3.8, 4) is 0 Å². The molecule has 21 heavy (non-hydrogen) atoms. The molecule has 0 aliphatic heterocycles. The van der Waals surface area contributed by atoms with E-state index in [1.165, 1.54) is 25.0 Å². The fourth-order valence-electron chi connectivity index (χ4n) is 2.66. The fraction of sp³-hybridized carbons (Fsp3) is 0.750. The van der Waals surface area contributed by atoms with Gasteiger partial charge in [-0.15, -0.1) is 0 Å². The number of anilines is 2. The molecular weight excluding hydrogens is 280 g/mol. The summed E-state index contributed by atoms with van der Waals surface area (Å²) in [4.78, 5) is 9.18. The highest BCUT2D eigenvalue weighted by Crippen LogP contribution is 2.32. The predicted octanol–water partition coefficient (Wildman–Crippen LogP) is 3.75. The molecule has 5 heteroatoms. The summed E-state index contributed by atoms with van der Waals surface area (Å²) in [6.07, 6.45) is 3.72. The van der Waals surface area contributed by atoms with E-state index in [9.17, 15) is 0 Å². The lowest BCUT2D eigenvalue weighted by molar-refractivity contribution is 0.545. The third-order valence-corrected chi connectivity index (χ3v) is 5.21. The van der Waals surface area contributed by atoms with Crippen LogP contribution in [-0.2, 0) is 5.41 Å². The zero-order valence-corrected chi connectivity index (χ0v) is 14.7. The Kier molecular flexibility index (Phi) is 5.02. The molecule has 2 rings (SSSR count). The Morgan fingerprint density at radius 2 is 2.00 bits per heavy atom. The quantitative estimate of drug-likeness (QED) is 0.887. The van der Waals surface area contributed by atoms with Gasteiger partial charge in [-0.05, 0) is 31.9 Å². The van der Waals surface area contributed by atoms with Crippen LogP contribution in [-0.4, -0.2) is 27.0 Å². The van der Waals surface area contributed by atoms with Gasteiger partial charge in [0.1, 0.15) is 17.5 Å². The molecule has 0 aromatic carbocycles. The number of nitrogens with zero attached hydrogens (tertiary/aromatic N) is 2. The molecule has 0 amide bonds. The van der Waals surface area contributed by atoms with Crippen LogP contribution in [0.5, 0.6) is 0 Å². The number of rotatable bonds is 4. The molecule has 118 valence electrons. The van der Waals surface area contributed by atoms with E-state index < -0.39 is 0 Å².